The van der Waals surface area contributed by atoms with Gasteiger partial charge in [-0.05, 0) is 43.5 Å². The average Bonchev–Trinajstić information content (AvgIpc) is 2.89. The summed E-state index contributed by atoms with van der Waals surface area (Å²) in [5.74, 6) is -0.185. The molecule has 2 unspecified atom stereocenters. The number of alkyl halides is 3. The highest BCUT2D eigenvalue weighted by Crippen LogP contribution is 2.29. The van der Waals surface area contributed by atoms with E-state index in [9.17, 15) is 13.2 Å². The van der Waals surface area contributed by atoms with E-state index in [4.69, 9.17) is 4.74 Å². The van der Waals surface area contributed by atoms with Crippen molar-refractivity contribution in [2.24, 2.45) is 0 Å². The maximum atomic E-state index is 12.3. The summed E-state index contributed by atoms with van der Waals surface area (Å²) in [7, 11) is 0. The van der Waals surface area contributed by atoms with E-state index in [2.05, 4.69) is 10.1 Å². The molecule has 0 spiro atoms. The Balaban J connectivity index is 2.09. The summed E-state index contributed by atoms with van der Waals surface area (Å²) in [6.07, 6.45) is -1.70. The molecule has 1 aliphatic heterocycles. The fourth-order valence-electron chi connectivity index (χ4n) is 2.61. The zero-order chi connectivity index (χ0) is 15.3. The lowest BCUT2D eigenvalue weighted by Gasteiger charge is -2.22. The van der Waals surface area contributed by atoms with Crippen LogP contribution in [0.5, 0.6) is 5.75 Å². The third-order valence-corrected chi connectivity index (χ3v) is 3.47. The van der Waals surface area contributed by atoms with Crippen LogP contribution in [0.25, 0.3) is 0 Å². The first-order valence-electron chi connectivity index (χ1n) is 7.18. The lowest BCUT2D eigenvalue weighted by Crippen LogP contribution is -2.25. The molecular weight excluding hydrogens is 283 g/mol. The molecule has 0 amide bonds. The first-order valence-corrected chi connectivity index (χ1v) is 7.18. The topological polar surface area (TPSA) is 30.5 Å². The van der Waals surface area contributed by atoms with E-state index in [0.717, 1.165) is 38.0 Å². The van der Waals surface area contributed by atoms with E-state index >= 15 is 0 Å². The number of nitrogens with one attached hydrogen (secondary N) is 1. The maximum absolute atomic E-state index is 12.3. The van der Waals surface area contributed by atoms with Crippen molar-refractivity contribution < 1.29 is 22.6 Å². The minimum Gasteiger partial charge on any atom is -0.406 e. The van der Waals surface area contributed by atoms with Gasteiger partial charge in [-0.1, -0.05) is 19.1 Å². The van der Waals surface area contributed by atoms with Gasteiger partial charge in [-0.2, -0.15) is 0 Å². The highest BCUT2D eigenvalue weighted by molar-refractivity contribution is 5.31. The fourth-order valence-corrected chi connectivity index (χ4v) is 2.61. The molecule has 118 valence electrons. The van der Waals surface area contributed by atoms with Crippen molar-refractivity contribution >= 4 is 0 Å². The van der Waals surface area contributed by atoms with Crippen LogP contribution in [0, 0.1) is 0 Å². The second-order valence-corrected chi connectivity index (χ2v) is 5.10. The van der Waals surface area contributed by atoms with Gasteiger partial charge in [-0.3, -0.25) is 0 Å². The normalized spacial score (nSPS) is 20.5. The zero-order valence-electron chi connectivity index (χ0n) is 12.0. The van der Waals surface area contributed by atoms with Crippen LogP contribution in [-0.4, -0.2) is 25.6 Å². The molecule has 2 atom stereocenters. The molecule has 0 aliphatic carbocycles. The molecule has 1 aromatic rings. The predicted molar refractivity (Wildman–Crippen MR) is 73.1 cm³/mol. The molecule has 0 radical (unpaired) electrons. The second kappa shape index (κ2) is 7.13. The molecule has 0 bridgehead atoms. The van der Waals surface area contributed by atoms with Crippen molar-refractivity contribution in [3.63, 3.8) is 0 Å². The van der Waals surface area contributed by atoms with Crippen LogP contribution < -0.4 is 10.1 Å². The number of benzene rings is 1. The number of hydrogen-bond acceptors (Lipinski definition) is 3. The monoisotopic (exact) mass is 303 g/mol. The molecule has 3 nitrogen and oxygen atoms in total. The first kappa shape index (κ1) is 16.1. The fraction of sp³-hybridized carbons (Fsp3) is 0.600. The smallest absolute Gasteiger partial charge is 0.406 e. The van der Waals surface area contributed by atoms with Crippen LogP contribution in [-0.2, 0) is 4.74 Å². The van der Waals surface area contributed by atoms with Crippen molar-refractivity contribution in [2.75, 3.05) is 13.2 Å². The van der Waals surface area contributed by atoms with Crippen LogP contribution in [0.15, 0.2) is 24.3 Å². The lowest BCUT2D eigenvalue weighted by atomic mass is 9.99. The van der Waals surface area contributed by atoms with Gasteiger partial charge in [-0.25, -0.2) is 0 Å². The number of ether oxygens (including phenoxy) is 2. The van der Waals surface area contributed by atoms with Crippen molar-refractivity contribution in [3.8, 4) is 5.75 Å². The van der Waals surface area contributed by atoms with Crippen LogP contribution in [0.3, 0.4) is 0 Å². The van der Waals surface area contributed by atoms with Crippen molar-refractivity contribution in [1.82, 2.24) is 5.32 Å². The Morgan fingerprint density at radius 1 is 1.43 bits per heavy atom. The summed E-state index contributed by atoms with van der Waals surface area (Å²) in [5, 5.41) is 3.30. The van der Waals surface area contributed by atoms with Crippen LogP contribution >= 0.6 is 0 Å². The van der Waals surface area contributed by atoms with E-state index in [-0.39, 0.29) is 17.9 Å². The molecule has 1 N–H and O–H groups in total. The Morgan fingerprint density at radius 2 is 2.24 bits per heavy atom. The molecule has 1 aromatic carbocycles. The molecular formula is C15H20F3NO2. The van der Waals surface area contributed by atoms with Gasteiger partial charge in [0, 0.05) is 12.6 Å². The quantitative estimate of drug-likeness (QED) is 0.867. The van der Waals surface area contributed by atoms with Gasteiger partial charge in [0.2, 0.25) is 0 Å². The van der Waals surface area contributed by atoms with E-state index in [0.29, 0.717) is 0 Å². The molecule has 21 heavy (non-hydrogen) atoms. The van der Waals surface area contributed by atoms with E-state index in [1.54, 1.807) is 6.07 Å². The van der Waals surface area contributed by atoms with E-state index < -0.39 is 6.36 Å². The van der Waals surface area contributed by atoms with Crippen LogP contribution in [0.1, 0.15) is 37.8 Å². The van der Waals surface area contributed by atoms with Gasteiger partial charge < -0.3 is 14.8 Å². The summed E-state index contributed by atoms with van der Waals surface area (Å²) in [5.41, 5.74) is 0.786. The summed E-state index contributed by atoms with van der Waals surface area (Å²) in [6.45, 7) is 3.47. The SMILES string of the molecule is CCNC(CC1CCCO1)c1cccc(OC(F)(F)F)c1. The summed E-state index contributed by atoms with van der Waals surface area (Å²) in [4.78, 5) is 0. The molecule has 2 rings (SSSR count). The largest absolute Gasteiger partial charge is 0.573 e. The average molecular weight is 303 g/mol. The molecule has 0 saturated carbocycles. The zero-order valence-corrected chi connectivity index (χ0v) is 12.0. The minimum absolute atomic E-state index is 0.0325. The van der Waals surface area contributed by atoms with E-state index in [1.165, 1.54) is 12.1 Å². The Morgan fingerprint density at radius 3 is 2.86 bits per heavy atom. The molecule has 1 saturated heterocycles. The van der Waals surface area contributed by atoms with Crippen molar-refractivity contribution in [1.29, 1.82) is 0 Å². The van der Waals surface area contributed by atoms with Crippen molar-refractivity contribution in [3.05, 3.63) is 29.8 Å². The lowest BCUT2D eigenvalue weighted by molar-refractivity contribution is -0.274. The molecule has 1 aliphatic rings. The van der Waals surface area contributed by atoms with Gasteiger partial charge in [0.05, 0.1) is 6.10 Å². The van der Waals surface area contributed by atoms with Gasteiger partial charge >= 0.3 is 6.36 Å². The molecule has 1 heterocycles. The first-order chi connectivity index (χ1) is 9.98. The number of halogens is 3. The third kappa shape index (κ3) is 5.21. The molecule has 0 aromatic heterocycles. The molecule has 6 heteroatoms. The van der Waals surface area contributed by atoms with E-state index in [1.807, 2.05) is 13.0 Å². The van der Waals surface area contributed by atoms with Crippen LogP contribution in [0.4, 0.5) is 13.2 Å². The van der Waals surface area contributed by atoms with Gasteiger partial charge in [0.1, 0.15) is 5.75 Å². The molecule has 1 fully saturated rings. The second-order valence-electron chi connectivity index (χ2n) is 5.10. The highest BCUT2D eigenvalue weighted by atomic mass is 19.4. The summed E-state index contributed by atoms with van der Waals surface area (Å²) >= 11 is 0. The highest BCUT2D eigenvalue weighted by Gasteiger charge is 2.31. The third-order valence-electron chi connectivity index (χ3n) is 3.47. The maximum Gasteiger partial charge on any atom is 0.573 e. The Kier molecular flexibility index (Phi) is 5.47. The van der Waals surface area contributed by atoms with Gasteiger partial charge in [0.15, 0.2) is 0 Å². The number of hydrogen-bond donors (Lipinski definition) is 1. The summed E-state index contributed by atoms with van der Waals surface area (Å²) < 4.78 is 46.5. The number of rotatable bonds is 6. The standard InChI is InChI=1S/C15H20F3NO2/c1-2-19-14(10-12-7-4-8-20-12)11-5-3-6-13(9-11)21-15(16,17)18/h3,5-6,9,12,14,19H,2,4,7-8,10H2,1H3. The summed E-state index contributed by atoms with van der Waals surface area (Å²) in [6, 6.07) is 6.11. The Bertz CT molecular complexity index is 445. The van der Waals surface area contributed by atoms with Gasteiger partial charge in [-0.15, -0.1) is 13.2 Å². The Hall–Kier alpha value is -1.27. The predicted octanol–water partition coefficient (Wildman–Crippen LogP) is 3.80. The minimum atomic E-state index is -4.67. The Labute approximate surface area is 122 Å². The van der Waals surface area contributed by atoms with Crippen molar-refractivity contribution in [2.45, 2.75) is 44.7 Å². The van der Waals surface area contributed by atoms with Gasteiger partial charge in [0.25, 0.3) is 0 Å². The van der Waals surface area contributed by atoms with Crippen LogP contribution in [0.2, 0.25) is 0 Å².